The molecule has 4 aliphatic rings. The largest absolute Gasteiger partial charge is 0.147 e. The van der Waals surface area contributed by atoms with Crippen LogP contribution in [-0.2, 0) is 20.0 Å². The van der Waals surface area contributed by atoms with Crippen molar-refractivity contribution in [3.05, 3.63) is 155 Å². The van der Waals surface area contributed by atoms with Gasteiger partial charge in [-0.15, -0.1) is 24.8 Å². The summed E-state index contributed by atoms with van der Waals surface area (Å²) in [5, 5.41) is 5.39. The average Bonchev–Trinajstić information content (AvgIpc) is 3.42. The van der Waals surface area contributed by atoms with Crippen LogP contribution in [0.2, 0.25) is 7.35 Å². The fourth-order valence-electron chi connectivity index (χ4n) is 11.6. The summed E-state index contributed by atoms with van der Waals surface area (Å²) in [5.41, 5.74) is 15.6. The number of benzene rings is 6. The summed E-state index contributed by atoms with van der Waals surface area (Å²) in [6.07, 6.45) is 11.2. The monoisotopic (exact) mass is 900 g/mol. The topological polar surface area (TPSA) is 0 Å². The van der Waals surface area contributed by atoms with E-state index in [-0.39, 0.29) is 24.8 Å². The Kier molecular flexibility index (Phi) is 9.79. The van der Waals surface area contributed by atoms with Gasteiger partial charge >= 0.3 is 311 Å². The van der Waals surface area contributed by atoms with Crippen LogP contribution in [-0.4, -0.2) is 0 Å². The molecule has 1 aliphatic heterocycles. The molecular weight excluding hydrogens is 850 g/mol. The Hall–Kier alpha value is -3.23. The predicted molar refractivity (Wildman–Crippen MR) is 230 cm³/mol. The van der Waals surface area contributed by atoms with E-state index in [0.29, 0.717) is 19.2 Å². The molecule has 0 spiro atoms. The molecule has 3 heteroatoms. The van der Waals surface area contributed by atoms with Crippen molar-refractivity contribution >= 4 is 58.5 Å². The third-order valence-corrected chi connectivity index (χ3v) is 38.3. The van der Waals surface area contributed by atoms with E-state index in [4.69, 9.17) is 0 Å². The Balaban J connectivity index is 0.00000200. The predicted octanol–water partition coefficient (Wildman–Crippen LogP) is 15.4. The van der Waals surface area contributed by atoms with Gasteiger partial charge in [-0.3, -0.25) is 0 Å². The second kappa shape index (κ2) is 14.1. The number of allylic oxidation sites excluding steroid dienone is 2. The first-order valence-corrected chi connectivity index (χ1v) is 27.9. The Morgan fingerprint density at radius 1 is 0.453 bits per heavy atom. The fourth-order valence-corrected chi connectivity index (χ4v) is 47.9. The molecule has 3 aliphatic carbocycles. The zero-order valence-electron chi connectivity index (χ0n) is 31.3. The van der Waals surface area contributed by atoms with Crippen LogP contribution in [0.15, 0.2) is 132 Å². The minimum atomic E-state index is -3.36. The van der Waals surface area contributed by atoms with Crippen LogP contribution in [0, 0.1) is 11.8 Å². The van der Waals surface area contributed by atoms with E-state index in [2.05, 4.69) is 161 Å². The maximum absolute atomic E-state index is 3.36. The maximum Gasteiger partial charge on any atom is -0.147 e. The van der Waals surface area contributed by atoms with E-state index in [1.54, 1.807) is 22.3 Å². The molecule has 268 valence electrons. The van der Waals surface area contributed by atoms with Gasteiger partial charge in [-0.25, -0.2) is 0 Å². The zero-order chi connectivity index (χ0) is 34.4. The van der Waals surface area contributed by atoms with Gasteiger partial charge in [0.2, 0.25) is 0 Å². The summed E-state index contributed by atoms with van der Waals surface area (Å²) in [6, 6.07) is 46.5. The second-order valence-corrected chi connectivity index (χ2v) is 33.3. The van der Waals surface area contributed by atoms with Crippen molar-refractivity contribution in [2.45, 2.75) is 68.1 Å². The molecule has 0 amide bonds. The molecule has 6 aromatic rings. The van der Waals surface area contributed by atoms with E-state index >= 15 is 0 Å². The second-order valence-electron chi connectivity index (χ2n) is 16.6. The van der Waals surface area contributed by atoms with E-state index in [1.807, 2.05) is 0 Å². The van der Waals surface area contributed by atoms with Crippen molar-refractivity contribution in [1.82, 2.24) is 0 Å². The molecule has 53 heavy (non-hydrogen) atoms. The van der Waals surface area contributed by atoms with Crippen LogP contribution in [0.25, 0.3) is 56.0 Å². The van der Waals surface area contributed by atoms with Crippen LogP contribution in [0.3, 0.4) is 0 Å². The first-order valence-electron chi connectivity index (χ1n) is 19.6. The Bertz CT molecular complexity index is 2250. The van der Waals surface area contributed by atoms with Gasteiger partial charge in [0.1, 0.15) is 0 Å². The number of hydrogen-bond donors (Lipinski definition) is 0. The van der Waals surface area contributed by atoms with Crippen LogP contribution in [0.4, 0.5) is 0 Å². The summed E-state index contributed by atoms with van der Waals surface area (Å²) in [7, 11) is 0. The third-order valence-electron chi connectivity index (χ3n) is 13.6. The molecule has 4 unspecified atom stereocenters. The number of fused-ring (bicyclic) bond motifs is 5. The molecule has 4 atom stereocenters. The smallest absolute Gasteiger partial charge is 0.147 e. The fraction of sp³-hybridized carbons (Fsp3) is 0.280. The van der Waals surface area contributed by atoms with Crippen molar-refractivity contribution in [3.8, 4) is 22.3 Å². The van der Waals surface area contributed by atoms with Gasteiger partial charge in [-0.05, 0) is 0 Å². The van der Waals surface area contributed by atoms with Crippen molar-refractivity contribution in [2.24, 2.45) is 11.8 Å². The van der Waals surface area contributed by atoms with Crippen molar-refractivity contribution in [1.29, 1.82) is 0 Å². The quantitative estimate of drug-likeness (QED) is 0.146. The maximum atomic E-state index is 2.72. The molecule has 6 aromatic carbocycles. The van der Waals surface area contributed by atoms with Crippen molar-refractivity contribution in [2.75, 3.05) is 0 Å². The van der Waals surface area contributed by atoms with E-state index in [0.717, 1.165) is 7.35 Å². The van der Waals surface area contributed by atoms with E-state index in [1.165, 1.54) is 80.6 Å². The molecule has 2 fully saturated rings. The molecule has 0 nitrogen and oxygen atoms in total. The molecule has 0 N–H and O–H groups in total. The number of halogens is 2. The standard InChI is InChI=1S/2C22H19.C6H10.2ClH.Hf/c2*1-15(2)18-13-17-9-6-12-21(22(17)14-18)20-11-5-8-16-7-3-4-10-19(16)20;1-2-4-6-5-3-1;;;/h2*3-15H,1-2H3;1-2H,3-6H2;2*1H;. The van der Waals surface area contributed by atoms with Crippen molar-refractivity contribution < 1.29 is 20.0 Å². The zero-order valence-corrected chi connectivity index (χ0v) is 36.5. The molecule has 1 saturated carbocycles. The van der Waals surface area contributed by atoms with Gasteiger partial charge < -0.3 is 0 Å². The minimum absolute atomic E-state index is 0. The average molecular weight is 900 g/mol. The van der Waals surface area contributed by atoms with Gasteiger partial charge in [0.25, 0.3) is 0 Å². The van der Waals surface area contributed by atoms with Gasteiger partial charge in [0, 0.05) is 0 Å². The Labute approximate surface area is 333 Å². The first-order chi connectivity index (χ1) is 25.0. The van der Waals surface area contributed by atoms with Gasteiger partial charge in [-0.1, -0.05) is 0 Å². The number of hydrogen-bond acceptors (Lipinski definition) is 0. The van der Waals surface area contributed by atoms with Gasteiger partial charge in [0.15, 0.2) is 0 Å². The van der Waals surface area contributed by atoms with Crippen LogP contribution >= 0.6 is 24.8 Å². The van der Waals surface area contributed by atoms with Crippen molar-refractivity contribution in [3.63, 3.8) is 0 Å². The molecular formula is C50H50Cl2Hf. The Morgan fingerprint density at radius 3 is 1.26 bits per heavy atom. The molecule has 0 bridgehead atoms. The summed E-state index contributed by atoms with van der Waals surface area (Å²) in [4.78, 5) is 0. The van der Waals surface area contributed by atoms with Gasteiger partial charge in [-0.2, -0.15) is 0 Å². The summed E-state index contributed by atoms with van der Waals surface area (Å²) in [6.45, 7) is 9.99. The SMILES string of the molecule is CC(C)C1=Cc2c(-c3cccc4ccccc34)cccc2[CH]1[Hf]1([CH]2C(C(C)C)=Cc3c(-c4cccc5ccccc45)cccc32)[CH]2CCCC[CH]21.Cl.Cl. The summed E-state index contributed by atoms with van der Waals surface area (Å²) in [5.74, 6) is 1.08. The molecule has 0 aromatic heterocycles. The normalized spacial score (nSPS) is 23.9. The summed E-state index contributed by atoms with van der Waals surface area (Å²) < 4.78 is 3.25. The van der Waals surface area contributed by atoms with E-state index in [9.17, 15) is 0 Å². The third kappa shape index (κ3) is 5.46. The van der Waals surface area contributed by atoms with Crippen LogP contribution < -0.4 is 0 Å². The Morgan fingerprint density at radius 2 is 0.830 bits per heavy atom. The van der Waals surface area contributed by atoms with E-state index < -0.39 is 20.0 Å². The minimum Gasteiger partial charge on any atom is -0.147 e. The molecule has 0 radical (unpaired) electrons. The van der Waals surface area contributed by atoms with Crippen LogP contribution in [0.5, 0.6) is 0 Å². The molecule has 1 heterocycles. The molecule has 1 saturated heterocycles. The number of rotatable bonds is 6. The molecule has 10 rings (SSSR count). The van der Waals surface area contributed by atoms with Gasteiger partial charge in [0.05, 0.1) is 0 Å². The summed E-state index contributed by atoms with van der Waals surface area (Å²) >= 11 is -3.36. The van der Waals surface area contributed by atoms with Crippen LogP contribution in [0.1, 0.15) is 83.0 Å². The first kappa shape index (κ1) is 36.7.